The second-order valence-electron chi connectivity index (χ2n) is 6.40. The second-order valence-corrected chi connectivity index (χ2v) is 8.17. The van der Waals surface area contributed by atoms with Crippen LogP contribution in [0, 0.1) is 5.82 Å². The third kappa shape index (κ3) is 4.14. The maximum Gasteiger partial charge on any atom is 0.242 e. The molecule has 0 saturated heterocycles. The molecule has 4 rings (SSSR count). The molecule has 0 atom stereocenters. The molecule has 1 N–H and O–H groups in total. The maximum atomic E-state index is 13.0. The summed E-state index contributed by atoms with van der Waals surface area (Å²) < 4.78 is 47.0. The van der Waals surface area contributed by atoms with Gasteiger partial charge in [-0.2, -0.15) is 10.1 Å². The summed E-state index contributed by atoms with van der Waals surface area (Å²) in [5.41, 5.74) is 2.65. The highest BCUT2D eigenvalue weighted by Gasteiger charge is 2.17. The lowest BCUT2D eigenvalue weighted by molar-refractivity contribution is 0.376. The fraction of sp³-hybridized carbons (Fsp3) is 0.150. The average molecular weight is 427 g/mol. The molecule has 154 valence electrons. The molecule has 0 aliphatic carbocycles. The Morgan fingerprint density at radius 1 is 1.10 bits per heavy atom. The minimum absolute atomic E-state index is 0.0520. The zero-order chi connectivity index (χ0) is 21.1. The first-order valence-corrected chi connectivity index (χ1v) is 10.6. The van der Waals surface area contributed by atoms with Crippen LogP contribution in [0.2, 0.25) is 0 Å². The van der Waals surface area contributed by atoms with Crippen molar-refractivity contribution < 1.29 is 17.3 Å². The molecule has 2 heterocycles. The van der Waals surface area contributed by atoms with Crippen LogP contribution < -0.4 is 4.72 Å². The number of rotatable bonds is 7. The molecule has 2 aromatic carbocycles. The molecule has 0 unspecified atom stereocenters. The van der Waals surface area contributed by atoms with Crippen molar-refractivity contribution in [2.24, 2.45) is 0 Å². The van der Waals surface area contributed by atoms with E-state index in [1.165, 1.54) is 12.1 Å². The van der Waals surface area contributed by atoms with E-state index in [0.29, 0.717) is 5.82 Å². The summed E-state index contributed by atoms with van der Waals surface area (Å²) in [6.07, 6.45) is 1.74. The largest absolute Gasteiger partial charge is 0.338 e. The van der Waals surface area contributed by atoms with Crippen LogP contribution in [0.4, 0.5) is 4.39 Å². The number of hydrogen-bond donors (Lipinski definition) is 1. The third-order valence-electron chi connectivity index (χ3n) is 4.44. The van der Waals surface area contributed by atoms with Gasteiger partial charge in [-0.25, -0.2) is 17.5 Å². The van der Waals surface area contributed by atoms with Crippen LogP contribution in [-0.2, 0) is 23.1 Å². The maximum absolute atomic E-state index is 13.0. The zero-order valence-corrected chi connectivity index (χ0v) is 16.8. The molecule has 0 saturated carbocycles. The van der Waals surface area contributed by atoms with E-state index in [2.05, 4.69) is 20.0 Å². The average Bonchev–Trinajstić information content (AvgIpc) is 3.42. The number of nitrogens with zero attached hydrogens (tertiary/aromatic N) is 4. The molecule has 0 amide bonds. The Balaban J connectivity index is 1.51. The normalized spacial score (nSPS) is 11.7. The Bertz CT molecular complexity index is 1270. The molecule has 0 fully saturated rings. The van der Waals surface area contributed by atoms with Gasteiger partial charge < -0.3 is 4.52 Å². The van der Waals surface area contributed by atoms with Crippen LogP contribution in [0.25, 0.3) is 22.6 Å². The molecule has 0 radical (unpaired) electrons. The molecule has 30 heavy (non-hydrogen) atoms. The lowest BCUT2D eigenvalue weighted by atomic mass is 10.1. The highest BCUT2D eigenvalue weighted by molar-refractivity contribution is 7.89. The third-order valence-corrected chi connectivity index (χ3v) is 5.86. The minimum atomic E-state index is -3.83. The lowest BCUT2D eigenvalue weighted by Crippen LogP contribution is -2.23. The predicted molar refractivity (Wildman–Crippen MR) is 107 cm³/mol. The number of nitrogens with one attached hydrogen (secondary N) is 1. The fourth-order valence-electron chi connectivity index (χ4n) is 2.95. The number of hydrogen-bond acceptors (Lipinski definition) is 6. The van der Waals surface area contributed by atoms with Crippen LogP contribution in [0.5, 0.6) is 0 Å². The monoisotopic (exact) mass is 427 g/mol. The molecule has 0 aliphatic heterocycles. The van der Waals surface area contributed by atoms with Gasteiger partial charge in [0.2, 0.25) is 21.7 Å². The van der Waals surface area contributed by atoms with E-state index in [-0.39, 0.29) is 17.3 Å². The highest BCUT2D eigenvalue weighted by Crippen LogP contribution is 2.25. The predicted octanol–water partition coefficient (Wildman–Crippen LogP) is 3.24. The summed E-state index contributed by atoms with van der Waals surface area (Å²) in [6, 6.07) is 14.1. The summed E-state index contributed by atoms with van der Waals surface area (Å²) in [7, 11) is -3.83. The lowest BCUT2D eigenvalue weighted by Gasteiger charge is -2.05. The molecule has 0 spiro atoms. The van der Waals surface area contributed by atoms with Gasteiger partial charge in [0.05, 0.1) is 17.1 Å². The van der Waals surface area contributed by atoms with E-state index < -0.39 is 15.8 Å². The Morgan fingerprint density at radius 3 is 2.63 bits per heavy atom. The molecular weight excluding hydrogens is 409 g/mol. The molecule has 0 aliphatic rings. The SMILES string of the molecule is CCn1nccc1-c1cccc(-c2noc(CNS(=O)(=O)c3ccc(F)cc3)n2)c1. The van der Waals surface area contributed by atoms with Gasteiger partial charge in [-0.3, -0.25) is 4.68 Å². The summed E-state index contributed by atoms with van der Waals surface area (Å²) in [4.78, 5) is 4.22. The second kappa shape index (κ2) is 8.17. The van der Waals surface area contributed by atoms with E-state index in [0.717, 1.165) is 35.5 Å². The number of sulfonamides is 1. The minimum Gasteiger partial charge on any atom is -0.338 e. The van der Waals surface area contributed by atoms with Crippen molar-refractivity contribution in [1.82, 2.24) is 24.6 Å². The van der Waals surface area contributed by atoms with Gasteiger partial charge in [-0.05, 0) is 43.3 Å². The van der Waals surface area contributed by atoms with E-state index in [9.17, 15) is 12.8 Å². The molecule has 4 aromatic rings. The molecule has 2 aromatic heterocycles. The quantitative estimate of drug-likeness (QED) is 0.486. The fourth-order valence-corrected chi connectivity index (χ4v) is 3.92. The number of halogens is 1. The van der Waals surface area contributed by atoms with Crippen LogP contribution in [0.15, 0.2) is 70.2 Å². The standard InChI is InChI=1S/C20H18FN5O3S/c1-2-26-18(10-11-22-26)14-4-3-5-15(12-14)20-24-19(29-25-20)13-23-30(27,28)17-8-6-16(21)7-9-17/h3-12,23H,2,13H2,1H3. The summed E-state index contributed by atoms with van der Waals surface area (Å²) in [6.45, 7) is 2.57. The van der Waals surface area contributed by atoms with Crippen molar-refractivity contribution >= 4 is 10.0 Å². The number of aromatic nitrogens is 4. The highest BCUT2D eigenvalue weighted by atomic mass is 32.2. The van der Waals surface area contributed by atoms with Gasteiger partial charge in [0, 0.05) is 23.9 Å². The van der Waals surface area contributed by atoms with E-state index >= 15 is 0 Å². The first-order valence-electron chi connectivity index (χ1n) is 9.17. The smallest absolute Gasteiger partial charge is 0.242 e. The van der Waals surface area contributed by atoms with Crippen molar-refractivity contribution in [2.75, 3.05) is 0 Å². The molecule has 10 heteroatoms. The van der Waals surface area contributed by atoms with Crippen molar-refractivity contribution in [3.05, 3.63) is 72.5 Å². The Hall–Kier alpha value is -3.37. The molecule has 8 nitrogen and oxygen atoms in total. The number of benzene rings is 2. The molecular formula is C20H18FN5O3S. The van der Waals surface area contributed by atoms with Gasteiger partial charge in [0.15, 0.2) is 0 Å². The Kier molecular flexibility index (Phi) is 5.42. The van der Waals surface area contributed by atoms with Crippen molar-refractivity contribution in [2.45, 2.75) is 24.9 Å². The van der Waals surface area contributed by atoms with Crippen molar-refractivity contribution in [3.63, 3.8) is 0 Å². The van der Waals surface area contributed by atoms with E-state index in [1.54, 1.807) is 6.20 Å². The van der Waals surface area contributed by atoms with Crippen molar-refractivity contribution in [1.29, 1.82) is 0 Å². The summed E-state index contributed by atoms with van der Waals surface area (Å²) in [5, 5.41) is 8.22. The van der Waals surface area contributed by atoms with Crippen LogP contribution in [0.3, 0.4) is 0 Å². The van der Waals surface area contributed by atoms with Gasteiger partial charge in [-0.1, -0.05) is 23.4 Å². The van der Waals surface area contributed by atoms with E-state index in [1.807, 2.05) is 41.9 Å². The zero-order valence-electron chi connectivity index (χ0n) is 16.0. The first kappa shape index (κ1) is 19.9. The Morgan fingerprint density at radius 2 is 1.87 bits per heavy atom. The molecule has 0 bridgehead atoms. The summed E-state index contributed by atoms with van der Waals surface area (Å²) in [5.74, 6) is -0.0604. The van der Waals surface area contributed by atoms with Crippen LogP contribution in [0.1, 0.15) is 12.8 Å². The van der Waals surface area contributed by atoms with Crippen LogP contribution >= 0.6 is 0 Å². The van der Waals surface area contributed by atoms with Gasteiger partial charge in [0.1, 0.15) is 5.82 Å². The number of aryl methyl sites for hydroxylation is 1. The first-order chi connectivity index (χ1) is 14.5. The van der Waals surface area contributed by atoms with Crippen molar-refractivity contribution in [3.8, 4) is 22.6 Å². The van der Waals surface area contributed by atoms with Gasteiger partial charge in [0.25, 0.3) is 0 Å². The summed E-state index contributed by atoms with van der Waals surface area (Å²) >= 11 is 0. The van der Waals surface area contributed by atoms with Crippen LogP contribution in [-0.4, -0.2) is 28.3 Å². The Labute approximate surface area is 172 Å². The van der Waals surface area contributed by atoms with Gasteiger partial charge in [-0.15, -0.1) is 0 Å². The van der Waals surface area contributed by atoms with Gasteiger partial charge >= 0.3 is 0 Å². The topological polar surface area (TPSA) is 103 Å². The van der Waals surface area contributed by atoms with E-state index in [4.69, 9.17) is 4.52 Å².